The summed E-state index contributed by atoms with van der Waals surface area (Å²) >= 11 is 0. The number of aromatic hydroxyl groups is 1. The van der Waals surface area contributed by atoms with Crippen molar-refractivity contribution in [2.24, 2.45) is 0 Å². The quantitative estimate of drug-likeness (QED) is 0.858. The van der Waals surface area contributed by atoms with E-state index in [0.29, 0.717) is 17.8 Å². The van der Waals surface area contributed by atoms with Gasteiger partial charge in [-0.1, -0.05) is 48.9 Å². The van der Waals surface area contributed by atoms with E-state index in [1.165, 1.54) is 49.8 Å². The Bertz CT molecular complexity index is 713. The molecule has 1 N–H and O–H groups in total. The van der Waals surface area contributed by atoms with Crippen molar-refractivity contribution in [1.82, 2.24) is 4.90 Å². The van der Waals surface area contributed by atoms with Crippen LogP contribution >= 0.6 is 0 Å². The minimum Gasteiger partial charge on any atom is -0.508 e. The van der Waals surface area contributed by atoms with Crippen LogP contribution in [0.3, 0.4) is 0 Å². The molecule has 0 aromatic heterocycles. The van der Waals surface area contributed by atoms with E-state index in [-0.39, 0.29) is 5.41 Å². The van der Waals surface area contributed by atoms with Gasteiger partial charge in [-0.15, -0.1) is 0 Å². The smallest absolute Gasteiger partial charge is 0.115 e. The number of nitrogens with zero attached hydrogens (tertiary/aromatic N) is 1. The van der Waals surface area contributed by atoms with Gasteiger partial charge >= 0.3 is 0 Å². The Balaban J connectivity index is 1.51. The summed E-state index contributed by atoms with van der Waals surface area (Å²) in [5.74, 6) is 0.411. The lowest BCUT2D eigenvalue weighted by Gasteiger charge is -2.52. The minimum atomic E-state index is 0.282. The second kappa shape index (κ2) is 6.84. The zero-order valence-electron chi connectivity index (χ0n) is 15.2. The first-order valence-electron chi connectivity index (χ1n) is 9.75. The van der Waals surface area contributed by atoms with Crippen LogP contribution in [0, 0.1) is 0 Å². The molecule has 0 amide bonds. The van der Waals surface area contributed by atoms with E-state index in [1.54, 1.807) is 6.07 Å². The van der Waals surface area contributed by atoms with Gasteiger partial charge < -0.3 is 5.11 Å². The maximum absolute atomic E-state index is 9.93. The molecule has 1 heterocycles. The molecule has 25 heavy (non-hydrogen) atoms. The van der Waals surface area contributed by atoms with Crippen LogP contribution in [-0.2, 0) is 11.8 Å². The second-order valence-corrected chi connectivity index (χ2v) is 8.11. The minimum absolute atomic E-state index is 0.282. The maximum atomic E-state index is 9.93. The molecular formula is C23H29NO. The molecule has 1 aliphatic carbocycles. The van der Waals surface area contributed by atoms with Crippen molar-refractivity contribution in [1.29, 1.82) is 0 Å². The summed E-state index contributed by atoms with van der Waals surface area (Å²) in [6.07, 6.45) is 7.49. The second-order valence-electron chi connectivity index (χ2n) is 8.11. The Hall–Kier alpha value is -1.80. The van der Waals surface area contributed by atoms with E-state index in [2.05, 4.69) is 48.2 Å². The third-order valence-electron chi connectivity index (χ3n) is 6.54. The first kappa shape index (κ1) is 16.7. The first-order chi connectivity index (χ1) is 12.2. The highest BCUT2D eigenvalue weighted by molar-refractivity contribution is 5.34. The van der Waals surface area contributed by atoms with Crippen molar-refractivity contribution in [3.8, 4) is 5.75 Å². The van der Waals surface area contributed by atoms with E-state index in [0.717, 1.165) is 6.42 Å². The molecule has 2 aromatic carbocycles. The van der Waals surface area contributed by atoms with Crippen molar-refractivity contribution in [3.63, 3.8) is 0 Å². The van der Waals surface area contributed by atoms with Crippen LogP contribution in [0.25, 0.3) is 0 Å². The molecule has 132 valence electrons. The van der Waals surface area contributed by atoms with Crippen LogP contribution in [0.2, 0.25) is 0 Å². The van der Waals surface area contributed by atoms with Gasteiger partial charge in [-0.25, -0.2) is 0 Å². The molecule has 4 rings (SSSR count). The van der Waals surface area contributed by atoms with Crippen molar-refractivity contribution in [2.45, 2.75) is 62.9 Å². The summed E-state index contributed by atoms with van der Waals surface area (Å²) in [4.78, 5) is 2.76. The van der Waals surface area contributed by atoms with Gasteiger partial charge in [0.2, 0.25) is 0 Å². The standard InChI is InChI=1S/C23H29NO/c1-18(15-19-7-3-2-4-8-19)24-14-13-23(12-6-10-21(24)17-23)20-9-5-11-22(25)16-20/h2-5,7-9,11,16,18,21,25H,6,10,12-15,17H2,1H3/t18?,21-,23-/m0/s1. The first-order valence-corrected chi connectivity index (χ1v) is 9.75. The van der Waals surface area contributed by atoms with E-state index in [4.69, 9.17) is 0 Å². The molecule has 2 aromatic rings. The van der Waals surface area contributed by atoms with Crippen LogP contribution in [0.15, 0.2) is 54.6 Å². The van der Waals surface area contributed by atoms with Gasteiger partial charge in [0, 0.05) is 12.1 Å². The number of piperidine rings is 1. The van der Waals surface area contributed by atoms with Crippen LogP contribution in [0.5, 0.6) is 5.75 Å². The molecular weight excluding hydrogens is 306 g/mol. The van der Waals surface area contributed by atoms with Crippen LogP contribution in [-0.4, -0.2) is 28.6 Å². The summed E-state index contributed by atoms with van der Waals surface area (Å²) in [7, 11) is 0. The van der Waals surface area contributed by atoms with Crippen LogP contribution in [0.1, 0.15) is 50.2 Å². The Morgan fingerprint density at radius 3 is 2.76 bits per heavy atom. The highest BCUT2D eigenvalue weighted by atomic mass is 16.3. The highest BCUT2D eigenvalue weighted by Crippen LogP contribution is 2.48. The molecule has 0 spiro atoms. The fourth-order valence-electron chi connectivity index (χ4n) is 5.26. The summed E-state index contributed by atoms with van der Waals surface area (Å²) in [6, 6.07) is 20.2. The summed E-state index contributed by atoms with van der Waals surface area (Å²) in [5.41, 5.74) is 3.08. The van der Waals surface area contributed by atoms with E-state index in [1.807, 2.05) is 12.1 Å². The number of likely N-dealkylation sites (tertiary alicyclic amines) is 1. The zero-order valence-corrected chi connectivity index (χ0v) is 15.2. The van der Waals surface area contributed by atoms with Crippen molar-refractivity contribution < 1.29 is 5.11 Å². The van der Waals surface area contributed by atoms with Gasteiger partial charge in [0.1, 0.15) is 5.75 Å². The van der Waals surface area contributed by atoms with Gasteiger partial charge in [-0.2, -0.15) is 0 Å². The number of fused-ring (bicyclic) bond motifs is 2. The third kappa shape index (κ3) is 3.32. The number of rotatable bonds is 4. The Morgan fingerprint density at radius 1 is 1.12 bits per heavy atom. The Morgan fingerprint density at radius 2 is 1.96 bits per heavy atom. The number of hydrogen-bond acceptors (Lipinski definition) is 2. The van der Waals surface area contributed by atoms with Crippen molar-refractivity contribution >= 4 is 0 Å². The zero-order chi connectivity index (χ0) is 17.3. The molecule has 1 unspecified atom stereocenters. The number of phenols is 1. The van der Waals surface area contributed by atoms with Crippen molar-refractivity contribution in [2.75, 3.05) is 6.54 Å². The normalized spacial score (nSPS) is 27.8. The predicted molar refractivity (Wildman–Crippen MR) is 103 cm³/mol. The monoisotopic (exact) mass is 335 g/mol. The van der Waals surface area contributed by atoms with Gasteiger partial charge in [0.05, 0.1) is 0 Å². The van der Waals surface area contributed by atoms with Gasteiger partial charge in [0.25, 0.3) is 0 Å². The number of phenolic OH excluding ortho intramolecular Hbond substituents is 1. The summed E-state index contributed by atoms with van der Waals surface area (Å²) in [5, 5.41) is 9.93. The lowest BCUT2D eigenvalue weighted by atomic mass is 9.63. The molecule has 2 nitrogen and oxygen atoms in total. The lowest BCUT2D eigenvalue weighted by molar-refractivity contribution is 0.0249. The molecule has 2 bridgehead atoms. The molecule has 3 atom stereocenters. The van der Waals surface area contributed by atoms with E-state index >= 15 is 0 Å². The summed E-state index contributed by atoms with van der Waals surface area (Å²) in [6.45, 7) is 3.57. The van der Waals surface area contributed by atoms with Gasteiger partial charge in [-0.3, -0.25) is 4.90 Å². The Labute approximate surface area is 151 Å². The Kier molecular flexibility index (Phi) is 4.56. The van der Waals surface area contributed by atoms with E-state index in [9.17, 15) is 5.11 Å². The SMILES string of the molecule is CC(Cc1ccccc1)N1CC[C@@]2(c3cccc(O)c3)CCC[C@H]1C2. The van der Waals surface area contributed by atoms with Crippen LogP contribution in [0.4, 0.5) is 0 Å². The topological polar surface area (TPSA) is 23.5 Å². The van der Waals surface area contributed by atoms with Gasteiger partial charge in [0.15, 0.2) is 0 Å². The van der Waals surface area contributed by atoms with Crippen LogP contribution < -0.4 is 0 Å². The fourth-order valence-corrected chi connectivity index (χ4v) is 5.26. The predicted octanol–water partition coefficient (Wildman–Crippen LogP) is 4.91. The highest BCUT2D eigenvalue weighted by Gasteiger charge is 2.44. The lowest BCUT2D eigenvalue weighted by Crippen LogP contribution is -2.54. The maximum Gasteiger partial charge on any atom is 0.115 e. The summed E-state index contributed by atoms with van der Waals surface area (Å²) < 4.78 is 0. The molecule has 1 saturated carbocycles. The third-order valence-corrected chi connectivity index (χ3v) is 6.54. The molecule has 2 fully saturated rings. The fraction of sp³-hybridized carbons (Fsp3) is 0.478. The molecule has 1 saturated heterocycles. The van der Waals surface area contributed by atoms with E-state index < -0.39 is 0 Å². The molecule has 0 radical (unpaired) electrons. The average Bonchev–Trinajstić information content (AvgIpc) is 2.63. The average molecular weight is 335 g/mol. The number of hydrogen-bond donors (Lipinski definition) is 1. The van der Waals surface area contributed by atoms with Gasteiger partial charge in [-0.05, 0) is 74.2 Å². The number of benzene rings is 2. The largest absolute Gasteiger partial charge is 0.508 e. The molecule has 1 aliphatic heterocycles. The molecule has 2 aliphatic rings. The van der Waals surface area contributed by atoms with Crippen molar-refractivity contribution in [3.05, 3.63) is 65.7 Å². The molecule has 2 heteroatoms.